The van der Waals surface area contributed by atoms with Crippen LogP contribution < -0.4 is 14.4 Å². The number of nitrogens with one attached hydrogen (secondary N) is 1. The molecule has 44 heavy (non-hydrogen) atoms. The molecule has 1 atom stereocenters. The molecule has 0 aromatic heterocycles. The number of rotatable bonds is 13. The third-order valence-corrected chi connectivity index (χ3v) is 9.07. The fraction of sp³-hybridized carbons (Fsp3) is 0.382. The monoisotopic (exact) mass is 619 g/mol. The largest absolute Gasteiger partial charge is 0.497 e. The summed E-state index contributed by atoms with van der Waals surface area (Å²) < 4.78 is 32.5. The Bertz CT molecular complexity index is 1550. The van der Waals surface area contributed by atoms with Gasteiger partial charge in [0.25, 0.3) is 0 Å². The van der Waals surface area contributed by atoms with Gasteiger partial charge in [0, 0.05) is 24.6 Å². The molecular weight excluding hydrogens is 578 g/mol. The predicted molar refractivity (Wildman–Crippen MR) is 171 cm³/mol. The zero-order valence-corrected chi connectivity index (χ0v) is 26.4. The highest BCUT2D eigenvalue weighted by Crippen LogP contribution is 2.24. The number of ether oxygens (including phenoxy) is 1. The van der Waals surface area contributed by atoms with Gasteiger partial charge >= 0.3 is 0 Å². The van der Waals surface area contributed by atoms with Crippen LogP contribution in [0.5, 0.6) is 5.75 Å². The van der Waals surface area contributed by atoms with Gasteiger partial charge in [-0.05, 0) is 55.2 Å². The van der Waals surface area contributed by atoms with E-state index in [1.807, 2.05) is 36.4 Å². The van der Waals surface area contributed by atoms with Crippen molar-refractivity contribution in [1.82, 2.24) is 10.2 Å². The predicted octanol–water partition coefficient (Wildman–Crippen LogP) is 4.75. The molecule has 4 rings (SSSR count). The summed E-state index contributed by atoms with van der Waals surface area (Å²) in [4.78, 5) is 41.9. The van der Waals surface area contributed by atoms with Gasteiger partial charge < -0.3 is 15.0 Å². The Kier molecular flexibility index (Phi) is 11.2. The number of benzene rings is 3. The van der Waals surface area contributed by atoms with Gasteiger partial charge in [-0.15, -0.1) is 0 Å². The molecule has 0 radical (unpaired) electrons. The Balaban J connectivity index is 1.75. The highest BCUT2D eigenvalue weighted by Gasteiger charge is 2.34. The van der Waals surface area contributed by atoms with E-state index in [9.17, 15) is 22.8 Å². The molecule has 0 spiro atoms. The van der Waals surface area contributed by atoms with Crippen LogP contribution in [0, 0.1) is 0 Å². The van der Waals surface area contributed by atoms with E-state index >= 15 is 0 Å². The maximum Gasteiger partial charge on any atom is 0.244 e. The molecule has 2 amide bonds. The third-order valence-electron chi connectivity index (χ3n) is 7.93. The highest BCUT2D eigenvalue weighted by atomic mass is 32.2. The van der Waals surface area contributed by atoms with Crippen molar-refractivity contribution in [1.29, 1.82) is 0 Å². The van der Waals surface area contributed by atoms with Crippen molar-refractivity contribution in [2.75, 3.05) is 24.2 Å². The summed E-state index contributed by atoms with van der Waals surface area (Å²) in [5.74, 6) is -0.457. The number of hydrogen-bond acceptors (Lipinski definition) is 6. The van der Waals surface area contributed by atoms with Crippen LogP contribution in [0.4, 0.5) is 5.69 Å². The second kappa shape index (κ2) is 15.0. The van der Waals surface area contributed by atoms with E-state index < -0.39 is 28.5 Å². The van der Waals surface area contributed by atoms with E-state index in [4.69, 9.17) is 4.74 Å². The summed E-state index contributed by atoms with van der Waals surface area (Å²) in [6, 6.07) is 22.0. The molecule has 9 nitrogen and oxygen atoms in total. The summed E-state index contributed by atoms with van der Waals surface area (Å²) in [7, 11) is -2.39. The molecule has 1 N–H and O–H groups in total. The fourth-order valence-corrected chi connectivity index (χ4v) is 6.40. The lowest BCUT2D eigenvalue weighted by Gasteiger charge is -2.35. The quantitative estimate of drug-likeness (QED) is 0.276. The average Bonchev–Trinajstić information content (AvgIpc) is 3.02. The van der Waals surface area contributed by atoms with Crippen molar-refractivity contribution in [3.8, 4) is 5.75 Å². The molecule has 3 aromatic rings. The second-order valence-corrected chi connectivity index (χ2v) is 13.2. The number of Topliss-reactive ketones (excluding diaryl/α,β-unsaturated/α-hetero) is 1. The molecular formula is C34H41N3O6S. The van der Waals surface area contributed by atoms with Gasteiger partial charge in [0.1, 0.15) is 18.3 Å². The van der Waals surface area contributed by atoms with Crippen LogP contribution in [0.25, 0.3) is 0 Å². The maximum absolute atomic E-state index is 14.3. The first-order valence-corrected chi connectivity index (χ1v) is 16.8. The molecule has 1 fully saturated rings. The van der Waals surface area contributed by atoms with Crippen LogP contribution in [-0.4, -0.2) is 62.9 Å². The fourth-order valence-electron chi connectivity index (χ4n) is 5.56. The molecule has 1 aliphatic carbocycles. The molecule has 0 unspecified atom stereocenters. The van der Waals surface area contributed by atoms with Gasteiger partial charge in [-0.2, -0.15) is 0 Å². The van der Waals surface area contributed by atoms with Crippen LogP contribution >= 0.6 is 0 Å². The summed E-state index contributed by atoms with van der Waals surface area (Å²) in [6.45, 7) is 0.896. The molecule has 1 aliphatic rings. The van der Waals surface area contributed by atoms with Crippen molar-refractivity contribution < 1.29 is 27.5 Å². The number of carbonyl (C=O) groups is 3. The number of ketones is 1. The SMILES string of the molecule is COc1cccc(CN(C(=O)CN(c2cccc(C(C)=O)c2)S(C)(=O)=O)[C@H](Cc2ccccc2)C(=O)NC2CCCCC2)c1. The molecule has 0 saturated heterocycles. The number of carbonyl (C=O) groups excluding carboxylic acids is 3. The lowest BCUT2D eigenvalue weighted by atomic mass is 9.94. The molecule has 1 saturated carbocycles. The minimum atomic E-state index is -3.95. The summed E-state index contributed by atoms with van der Waals surface area (Å²) in [6.07, 6.45) is 6.21. The first kappa shape index (κ1) is 32.7. The average molecular weight is 620 g/mol. The molecule has 0 aliphatic heterocycles. The summed E-state index contributed by atoms with van der Waals surface area (Å²) in [5.41, 5.74) is 2.12. The van der Waals surface area contributed by atoms with E-state index in [0.717, 1.165) is 53.8 Å². The second-order valence-electron chi connectivity index (χ2n) is 11.3. The van der Waals surface area contributed by atoms with Crippen LogP contribution in [0.2, 0.25) is 0 Å². The minimum absolute atomic E-state index is 0.0186. The minimum Gasteiger partial charge on any atom is -0.497 e. The molecule has 10 heteroatoms. The Hall–Kier alpha value is -4.18. The summed E-state index contributed by atoms with van der Waals surface area (Å²) >= 11 is 0. The molecule has 3 aromatic carbocycles. The van der Waals surface area contributed by atoms with Crippen molar-refractivity contribution in [2.24, 2.45) is 0 Å². The maximum atomic E-state index is 14.3. The number of sulfonamides is 1. The molecule has 234 valence electrons. The van der Waals surface area contributed by atoms with Crippen molar-refractivity contribution in [2.45, 2.75) is 64.1 Å². The Morgan fingerprint density at radius 2 is 1.59 bits per heavy atom. The topological polar surface area (TPSA) is 113 Å². The van der Waals surface area contributed by atoms with E-state index in [0.29, 0.717) is 11.3 Å². The first-order chi connectivity index (χ1) is 21.0. The number of anilines is 1. The van der Waals surface area contributed by atoms with Crippen LogP contribution in [0.1, 0.15) is 60.5 Å². The van der Waals surface area contributed by atoms with E-state index in [1.165, 1.54) is 17.9 Å². The lowest BCUT2D eigenvalue weighted by molar-refractivity contribution is -0.140. The third kappa shape index (κ3) is 8.92. The Morgan fingerprint density at radius 3 is 2.25 bits per heavy atom. The molecule has 0 bridgehead atoms. The van der Waals surface area contributed by atoms with E-state index in [-0.39, 0.29) is 36.4 Å². The van der Waals surface area contributed by atoms with Gasteiger partial charge in [-0.1, -0.05) is 73.9 Å². The first-order valence-electron chi connectivity index (χ1n) is 14.9. The van der Waals surface area contributed by atoms with Crippen molar-refractivity contribution in [3.05, 3.63) is 95.6 Å². The Morgan fingerprint density at radius 1 is 0.909 bits per heavy atom. The van der Waals surface area contributed by atoms with E-state index in [1.54, 1.807) is 43.5 Å². The van der Waals surface area contributed by atoms with Crippen LogP contribution in [-0.2, 0) is 32.6 Å². The highest BCUT2D eigenvalue weighted by molar-refractivity contribution is 7.92. The number of nitrogens with zero attached hydrogens (tertiary/aromatic N) is 2. The van der Waals surface area contributed by atoms with Gasteiger partial charge in [0.15, 0.2) is 5.78 Å². The normalized spacial score (nSPS) is 14.3. The van der Waals surface area contributed by atoms with Gasteiger partial charge in [-0.25, -0.2) is 8.42 Å². The van der Waals surface area contributed by atoms with Crippen LogP contribution in [0.15, 0.2) is 78.9 Å². The standard InChI is InChI=1S/C34H41N3O6S/c1-25(38)28-15-11-18-30(22-28)37(44(3,41)42)24-33(39)36(23-27-14-10-19-31(20-27)43-2)32(21-26-12-6-4-7-13-26)34(40)35-29-16-8-5-9-17-29/h4,6-7,10-15,18-20,22,29,32H,5,8-9,16-17,21,23-24H2,1-3H3,(H,35,40)/t32-/m1/s1. The van der Waals surface area contributed by atoms with E-state index in [2.05, 4.69) is 5.32 Å². The lowest BCUT2D eigenvalue weighted by Crippen LogP contribution is -2.55. The molecule has 0 heterocycles. The van der Waals surface area contributed by atoms with Crippen molar-refractivity contribution >= 4 is 33.3 Å². The number of hydrogen-bond donors (Lipinski definition) is 1. The smallest absolute Gasteiger partial charge is 0.244 e. The van der Waals surface area contributed by atoms with Crippen molar-refractivity contribution in [3.63, 3.8) is 0 Å². The van der Waals surface area contributed by atoms with Gasteiger partial charge in [-0.3, -0.25) is 18.7 Å². The zero-order valence-electron chi connectivity index (χ0n) is 25.6. The Labute approximate surface area is 260 Å². The number of amides is 2. The number of methoxy groups -OCH3 is 1. The van der Waals surface area contributed by atoms with Gasteiger partial charge in [0.05, 0.1) is 19.1 Å². The summed E-state index contributed by atoms with van der Waals surface area (Å²) in [5, 5.41) is 3.19. The zero-order chi connectivity index (χ0) is 31.7. The van der Waals surface area contributed by atoms with Gasteiger partial charge in [0.2, 0.25) is 21.8 Å². The van der Waals surface area contributed by atoms with Crippen LogP contribution in [0.3, 0.4) is 0 Å².